The smallest absolute Gasteiger partial charge is 0.321 e. The van der Waals surface area contributed by atoms with E-state index in [1.54, 1.807) is 11.8 Å². The van der Waals surface area contributed by atoms with E-state index in [9.17, 15) is 4.79 Å². The van der Waals surface area contributed by atoms with Gasteiger partial charge in [0.05, 0.1) is 5.37 Å². The number of carboxylic acid groups (broad SMARTS) is 1. The van der Waals surface area contributed by atoms with E-state index >= 15 is 0 Å². The SMILES string of the molecule is Cc1cccc([C@@H]2N[C@H](C(=O)O)CS2)c1. The van der Waals surface area contributed by atoms with Crippen LogP contribution >= 0.6 is 11.8 Å². The molecule has 1 aliphatic rings. The number of carbonyl (C=O) groups is 1. The molecule has 2 N–H and O–H groups in total. The Morgan fingerprint density at radius 3 is 3.00 bits per heavy atom. The third-order valence-corrected chi connectivity index (χ3v) is 3.69. The summed E-state index contributed by atoms with van der Waals surface area (Å²) in [5.41, 5.74) is 2.36. The number of hydrogen-bond acceptors (Lipinski definition) is 3. The van der Waals surface area contributed by atoms with Crippen LogP contribution in [0.4, 0.5) is 0 Å². The fourth-order valence-corrected chi connectivity index (χ4v) is 2.86. The molecule has 1 fully saturated rings. The maximum Gasteiger partial charge on any atom is 0.321 e. The topological polar surface area (TPSA) is 49.3 Å². The molecule has 0 radical (unpaired) electrons. The van der Waals surface area contributed by atoms with E-state index in [0.29, 0.717) is 5.75 Å². The van der Waals surface area contributed by atoms with Crippen molar-refractivity contribution in [1.29, 1.82) is 0 Å². The zero-order chi connectivity index (χ0) is 10.8. The molecular formula is C11H13NO2S. The Balaban J connectivity index is 2.11. The predicted molar refractivity (Wildman–Crippen MR) is 60.9 cm³/mol. The summed E-state index contributed by atoms with van der Waals surface area (Å²) >= 11 is 1.65. The second kappa shape index (κ2) is 4.24. The summed E-state index contributed by atoms with van der Waals surface area (Å²) in [6.45, 7) is 2.04. The summed E-state index contributed by atoms with van der Waals surface area (Å²) in [5.74, 6) is -0.133. The fourth-order valence-electron chi connectivity index (χ4n) is 1.64. The zero-order valence-corrected chi connectivity index (χ0v) is 9.25. The first kappa shape index (κ1) is 10.5. The van der Waals surface area contributed by atoms with Gasteiger partial charge in [-0.1, -0.05) is 29.8 Å². The molecule has 15 heavy (non-hydrogen) atoms. The van der Waals surface area contributed by atoms with Crippen molar-refractivity contribution in [2.24, 2.45) is 0 Å². The number of nitrogens with one attached hydrogen (secondary N) is 1. The Labute approximate surface area is 92.9 Å². The molecule has 0 aliphatic carbocycles. The minimum absolute atomic E-state index is 0.117. The van der Waals surface area contributed by atoms with Crippen LogP contribution in [0.15, 0.2) is 24.3 Å². The van der Waals surface area contributed by atoms with E-state index in [1.165, 1.54) is 5.56 Å². The molecule has 1 saturated heterocycles. The first-order valence-electron chi connectivity index (χ1n) is 4.84. The van der Waals surface area contributed by atoms with Gasteiger partial charge in [0.15, 0.2) is 0 Å². The molecule has 2 atom stereocenters. The molecule has 1 heterocycles. The second-order valence-corrected chi connectivity index (χ2v) is 4.82. The lowest BCUT2D eigenvalue weighted by molar-refractivity contribution is -0.138. The van der Waals surface area contributed by atoms with Crippen LogP contribution in [0.5, 0.6) is 0 Å². The van der Waals surface area contributed by atoms with Gasteiger partial charge < -0.3 is 5.11 Å². The molecule has 0 spiro atoms. The second-order valence-electron chi connectivity index (χ2n) is 3.69. The summed E-state index contributed by atoms with van der Waals surface area (Å²) in [6, 6.07) is 7.75. The lowest BCUT2D eigenvalue weighted by Crippen LogP contribution is -2.33. The van der Waals surface area contributed by atoms with E-state index in [-0.39, 0.29) is 5.37 Å². The number of aliphatic carboxylic acids is 1. The molecule has 0 saturated carbocycles. The Bertz CT molecular complexity index is 381. The molecule has 0 aromatic heterocycles. The Hall–Kier alpha value is -1.00. The van der Waals surface area contributed by atoms with Crippen LogP contribution in [-0.4, -0.2) is 22.9 Å². The molecule has 80 valence electrons. The van der Waals surface area contributed by atoms with Crippen molar-refractivity contribution >= 4 is 17.7 Å². The average molecular weight is 223 g/mol. The average Bonchev–Trinajstić information content (AvgIpc) is 2.66. The minimum atomic E-state index is -0.766. The minimum Gasteiger partial charge on any atom is -0.480 e. The van der Waals surface area contributed by atoms with Crippen LogP contribution < -0.4 is 5.32 Å². The first-order valence-corrected chi connectivity index (χ1v) is 5.89. The van der Waals surface area contributed by atoms with Gasteiger partial charge in [-0.3, -0.25) is 10.1 Å². The van der Waals surface area contributed by atoms with Crippen molar-refractivity contribution in [2.45, 2.75) is 18.3 Å². The highest BCUT2D eigenvalue weighted by molar-refractivity contribution is 7.99. The summed E-state index contributed by atoms with van der Waals surface area (Å²) in [4.78, 5) is 10.8. The number of benzene rings is 1. The van der Waals surface area contributed by atoms with Gasteiger partial charge in [-0.05, 0) is 12.5 Å². The number of thioether (sulfide) groups is 1. The first-order chi connectivity index (χ1) is 7.16. The Morgan fingerprint density at radius 1 is 1.60 bits per heavy atom. The van der Waals surface area contributed by atoms with E-state index in [4.69, 9.17) is 5.11 Å². The maximum absolute atomic E-state index is 10.8. The van der Waals surface area contributed by atoms with E-state index in [0.717, 1.165) is 5.56 Å². The van der Waals surface area contributed by atoms with Gasteiger partial charge in [0.1, 0.15) is 6.04 Å². The van der Waals surface area contributed by atoms with Gasteiger partial charge in [-0.25, -0.2) is 0 Å². The van der Waals surface area contributed by atoms with Crippen molar-refractivity contribution in [3.8, 4) is 0 Å². The third kappa shape index (κ3) is 2.33. The predicted octanol–water partition coefficient (Wildman–Crippen LogP) is 1.78. The highest BCUT2D eigenvalue weighted by atomic mass is 32.2. The number of aryl methyl sites for hydroxylation is 1. The van der Waals surface area contributed by atoms with E-state index in [1.807, 2.05) is 25.1 Å². The number of carboxylic acids is 1. The van der Waals surface area contributed by atoms with Crippen molar-refractivity contribution in [3.05, 3.63) is 35.4 Å². The molecule has 3 nitrogen and oxygen atoms in total. The zero-order valence-electron chi connectivity index (χ0n) is 8.43. The summed E-state index contributed by atoms with van der Waals surface area (Å²) in [7, 11) is 0. The summed E-state index contributed by atoms with van der Waals surface area (Å²) in [5, 5.41) is 12.1. The lowest BCUT2D eigenvalue weighted by Gasteiger charge is -2.11. The van der Waals surface area contributed by atoms with Crippen molar-refractivity contribution in [2.75, 3.05) is 5.75 Å². The van der Waals surface area contributed by atoms with Gasteiger partial charge in [0.2, 0.25) is 0 Å². The van der Waals surface area contributed by atoms with Crippen LogP contribution in [0.2, 0.25) is 0 Å². The quantitative estimate of drug-likeness (QED) is 0.802. The van der Waals surface area contributed by atoms with Crippen molar-refractivity contribution in [1.82, 2.24) is 5.32 Å². The monoisotopic (exact) mass is 223 g/mol. The summed E-state index contributed by atoms with van der Waals surface area (Å²) in [6.07, 6.45) is 0. The third-order valence-electron chi connectivity index (χ3n) is 2.43. The van der Waals surface area contributed by atoms with Gasteiger partial charge in [0.25, 0.3) is 0 Å². The van der Waals surface area contributed by atoms with Crippen LogP contribution in [0.3, 0.4) is 0 Å². The molecule has 2 rings (SSSR count). The molecule has 1 aromatic rings. The van der Waals surface area contributed by atoms with Crippen LogP contribution in [-0.2, 0) is 4.79 Å². The maximum atomic E-state index is 10.8. The standard InChI is InChI=1S/C11H13NO2S/c1-7-3-2-4-8(5-7)10-12-9(6-15-10)11(13)14/h2-5,9-10,12H,6H2,1H3,(H,13,14)/t9-,10+/m0/s1. The normalized spacial score (nSPS) is 25.4. The highest BCUT2D eigenvalue weighted by Gasteiger charge is 2.30. The lowest BCUT2D eigenvalue weighted by atomic mass is 10.1. The number of rotatable bonds is 2. The van der Waals surface area contributed by atoms with Gasteiger partial charge in [-0.2, -0.15) is 0 Å². The molecule has 0 unspecified atom stereocenters. The molecule has 1 aromatic carbocycles. The van der Waals surface area contributed by atoms with Crippen LogP contribution in [0.1, 0.15) is 16.5 Å². The molecule has 0 bridgehead atoms. The van der Waals surface area contributed by atoms with E-state index < -0.39 is 12.0 Å². The Morgan fingerprint density at radius 2 is 2.40 bits per heavy atom. The molecular weight excluding hydrogens is 210 g/mol. The van der Waals surface area contributed by atoms with Crippen LogP contribution in [0.25, 0.3) is 0 Å². The Kier molecular flexibility index (Phi) is 2.98. The largest absolute Gasteiger partial charge is 0.480 e. The number of hydrogen-bond donors (Lipinski definition) is 2. The highest BCUT2D eigenvalue weighted by Crippen LogP contribution is 2.32. The molecule has 0 amide bonds. The van der Waals surface area contributed by atoms with Crippen molar-refractivity contribution in [3.63, 3.8) is 0 Å². The van der Waals surface area contributed by atoms with Crippen molar-refractivity contribution < 1.29 is 9.90 Å². The van der Waals surface area contributed by atoms with Gasteiger partial charge in [-0.15, -0.1) is 11.8 Å². The molecule has 4 heteroatoms. The van der Waals surface area contributed by atoms with Gasteiger partial charge in [0, 0.05) is 5.75 Å². The molecule has 1 aliphatic heterocycles. The van der Waals surface area contributed by atoms with Gasteiger partial charge >= 0.3 is 5.97 Å². The fraction of sp³-hybridized carbons (Fsp3) is 0.364. The van der Waals surface area contributed by atoms with E-state index in [2.05, 4.69) is 11.4 Å². The summed E-state index contributed by atoms with van der Waals surface area (Å²) < 4.78 is 0. The van der Waals surface area contributed by atoms with Crippen LogP contribution in [0, 0.1) is 6.92 Å².